The van der Waals surface area contributed by atoms with Crippen LogP contribution >= 0.6 is 9.42 Å². The van der Waals surface area contributed by atoms with Gasteiger partial charge in [0.1, 0.15) is 0 Å². The molecule has 0 heterocycles. The summed E-state index contributed by atoms with van der Waals surface area (Å²) in [5.41, 5.74) is 0. The van der Waals surface area contributed by atoms with E-state index in [1.54, 1.807) is 0 Å². The SMILES string of the molecule is O=[C]=[W]([Cl])=[C]=O. The molecule has 0 saturated carbocycles. The molecule has 0 saturated heterocycles. The van der Waals surface area contributed by atoms with E-state index in [4.69, 9.17) is 9.42 Å². The van der Waals surface area contributed by atoms with Crippen molar-refractivity contribution in [2.24, 2.45) is 0 Å². The molecule has 0 fully saturated rings. The van der Waals surface area contributed by atoms with Gasteiger partial charge in [0.15, 0.2) is 0 Å². The van der Waals surface area contributed by atoms with Gasteiger partial charge in [-0.2, -0.15) is 0 Å². The van der Waals surface area contributed by atoms with Crippen molar-refractivity contribution >= 4 is 18.0 Å². The summed E-state index contributed by atoms with van der Waals surface area (Å²) in [4.78, 5) is 18.6. The summed E-state index contributed by atoms with van der Waals surface area (Å²) in [6.07, 6.45) is 0. The summed E-state index contributed by atoms with van der Waals surface area (Å²) in [6.45, 7) is 0. The van der Waals surface area contributed by atoms with E-state index in [1.165, 1.54) is 8.53 Å². The van der Waals surface area contributed by atoms with Crippen molar-refractivity contribution in [3.05, 3.63) is 0 Å². The minimum absolute atomic E-state index is 1.40. The van der Waals surface area contributed by atoms with Gasteiger partial charge in [0, 0.05) is 0 Å². The van der Waals surface area contributed by atoms with Crippen molar-refractivity contribution < 1.29 is 24.9 Å². The van der Waals surface area contributed by atoms with Crippen molar-refractivity contribution in [3.63, 3.8) is 0 Å². The van der Waals surface area contributed by atoms with Crippen molar-refractivity contribution in [1.29, 1.82) is 0 Å². The van der Waals surface area contributed by atoms with E-state index >= 15 is 0 Å². The number of hydrogen-bond acceptors (Lipinski definition) is 2. The summed E-state index contributed by atoms with van der Waals surface area (Å²) in [6, 6.07) is 0. The molecule has 0 unspecified atom stereocenters. The van der Waals surface area contributed by atoms with Crippen LogP contribution in [0.4, 0.5) is 0 Å². The Bertz CT molecular complexity index is 140. The van der Waals surface area contributed by atoms with Crippen LogP contribution in [-0.2, 0) is 24.9 Å². The first kappa shape index (κ1) is 6.14. The van der Waals surface area contributed by atoms with Crippen LogP contribution in [-0.4, -0.2) is 8.53 Å². The zero-order chi connectivity index (χ0) is 4.99. The summed E-state index contributed by atoms with van der Waals surface area (Å²) < 4.78 is 2.80. The van der Waals surface area contributed by atoms with Crippen molar-refractivity contribution in [2.45, 2.75) is 0 Å². The topological polar surface area (TPSA) is 34.1 Å². The number of halogens is 1. The second kappa shape index (κ2) is 3.33. The fourth-order valence-corrected chi connectivity index (χ4v) is 0.139. The molecule has 2 nitrogen and oxygen atoms in total. The average Bonchev–Trinajstić information content (AvgIpc) is 1.65. The molecule has 0 rings (SSSR count). The predicted octanol–water partition coefficient (Wildman–Crippen LogP) is -0.107. The monoisotopic (exact) mass is 275 g/mol. The van der Waals surface area contributed by atoms with E-state index in [0.29, 0.717) is 0 Å². The first-order chi connectivity index (χ1) is 2.81. The van der Waals surface area contributed by atoms with Crippen LogP contribution < -0.4 is 0 Å². The third-order valence-electron chi connectivity index (χ3n) is 0.146. The molecule has 0 spiro atoms. The molecule has 0 aliphatic heterocycles. The molecule has 0 atom stereocenters. The first-order valence-corrected chi connectivity index (χ1v) is 7.54. The molecular weight excluding hydrogens is 275 g/mol. The fourth-order valence-electron chi connectivity index (χ4n) is 0.0170. The third kappa shape index (κ3) is 2.38. The zero-order valence-corrected chi connectivity index (χ0v) is 6.29. The van der Waals surface area contributed by atoms with E-state index in [1.807, 2.05) is 0 Å². The molecular formula is C2ClO2W. The molecule has 0 N–H and O–H groups in total. The average molecular weight is 275 g/mol. The summed E-state index contributed by atoms with van der Waals surface area (Å²) in [5.74, 6) is 0. The van der Waals surface area contributed by atoms with Gasteiger partial charge >= 0.3 is 42.9 Å². The zero-order valence-electron chi connectivity index (χ0n) is 2.60. The van der Waals surface area contributed by atoms with Gasteiger partial charge in [0.05, 0.1) is 0 Å². The molecule has 0 aromatic heterocycles. The van der Waals surface area contributed by atoms with E-state index in [-0.39, 0.29) is 0 Å². The standard InChI is InChI=1S/2CO.ClH.W/c2*1-2;;/h;;1H;/q;;;+1/p-1. The van der Waals surface area contributed by atoms with Crippen LogP contribution in [0.15, 0.2) is 0 Å². The van der Waals surface area contributed by atoms with Gasteiger partial charge in [0.2, 0.25) is 0 Å². The van der Waals surface area contributed by atoms with E-state index in [9.17, 15) is 9.59 Å². The summed E-state index contributed by atoms with van der Waals surface area (Å²) in [5, 5.41) is 0. The Hall–Kier alpha value is 0.138. The third-order valence-corrected chi connectivity index (χ3v) is 2.23. The first-order valence-electron chi connectivity index (χ1n) is 0.971. The molecule has 0 aliphatic rings. The number of carbonyl (C=O) groups excluding carboxylic acids is 2. The van der Waals surface area contributed by atoms with Gasteiger partial charge in [-0.05, 0) is 0 Å². The Morgan fingerprint density at radius 1 is 1.33 bits per heavy atom. The predicted molar refractivity (Wildman–Crippen MR) is 17.2 cm³/mol. The molecule has 33 valence electrons. The van der Waals surface area contributed by atoms with Crippen LogP contribution in [0.25, 0.3) is 0 Å². The number of hydrogen-bond donors (Lipinski definition) is 0. The van der Waals surface area contributed by atoms with Crippen LogP contribution in [0.5, 0.6) is 0 Å². The van der Waals surface area contributed by atoms with Crippen LogP contribution in [0, 0.1) is 0 Å². The molecule has 0 aliphatic carbocycles. The molecule has 4 heteroatoms. The molecule has 0 radical (unpaired) electrons. The Kier molecular flexibility index (Phi) is 3.41. The van der Waals surface area contributed by atoms with Gasteiger partial charge in [-0.3, -0.25) is 0 Å². The van der Waals surface area contributed by atoms with Gasteiger partial charge in [-0.1, -0.05) is 0 Å². The Morgan fingerprint density at radius 3 is 1.67 bits per heavy atom. The summed E-state index contributed by atoms with van der Waals surface area (Å²) in [7, 11) is 5.00. The second-order valence-electron chi connectivity index (χ2n) is 0.423. The van der Waals surface area contributed by atoms with Crippen molar-refractivity contribution in [1.82, 2.24) is 0 Å². The normalized spacial score (nSPS) is 5.50. The maximum atomic E-state index is 9.30. The van der Waals surface area contributed by atoms with E-state index < -0.39 is 15.3 Å². The minimum atomic E-state index is -2.74. The van der Waals surface area contributed by atoms with Gasteiger partial charge in [-0.15, -0.1) is 0 Å². The van der Waals surface area contributed by atoms with Gasteiger partial charge in [-0.25, -0.2) is 0 Å². The van der Waals surface area contributed by atoms with Gasteiger partial charge < -0.3 is 0 Å². The van der Waals surface area contributed by atoms with Crippen molar-refractivity contribution in [2.75, 3.05) is 0 Å². The molecule has 0 amide bonds. The fraction of sp³-hybridized carbons (Fsp3) is 0. The van der Waals surface area contributed by atoms with Crippen LogP contribution in [0.2, 0.25) is 0 Å². The quantitative estimate of drug-likeness (QED) is 0.618. The molecule has 0 aromatic rings. The maximum absolute atomic E-state index is 9.30. The Morgan fingerprint density at radius 2 is 1.67 bits per heavy atom. The van der Waals surface area contributed by atoms with E-state index in [0.717, 1.165) is 0 Å². The second-order valence-corrected chi connectivity index (χ2v) is 5.99. The van der Waals surface area contributed by atoms with Crippen LogP contribution in [0.3, 0.4) is 0 Å². The molecule has 6 heavy (non-hydrogen) atoms. The van der Waals surface area contributed by atoms with Crippen molar-refractivity contribution in [3.8, 4) is 0 Å². The molecule has 0 aromatic carbocycles. The summed E-state index contributed by atoms with van der Waals surface area (Å²) >= 11 is -2.74. The number of rotatable bonds is 0. The van der Waals surface area contributed by atoms with E-state index in [2.05, 4.69) is 0 Å². The Labute approximate surface area is 43.2 Å². The Balaban J connectivity index is 4.81. The van der Waals surface area contributed by atoms with Gasteiger partial charge in [0.25, 0.3) is 0 Å². The van der Waals surface area contributed by atoms with Crippen LogP contribution in [0.1, 0.15) is 0 Å². The molecule has 0 bridgehead atoms.